The monoisotopic (exact) mass is 260 g/mol. The van der Waals surface area contributed by atoms with Gasteiger partial charge in [0.1, 0.15) is 0 Å². The Hall–Kier alpha value is -1.84. The zero-order valence-corrected chi connectivity index (χ0v) is 11.6. The summed E-state index contributed by atoms with van der Waals surface area (Å²) < 4.78 is 0. The van der Waals surface area contributed by atoms with E-state index in [1.165, 1.54) is 0 Å². The van der Waals surface area contributed by atoms with Crippen LogP contribution in [0.25, 0.3) is 0 Å². The molecule has 4 heteroatoms. The molecule has 1 aliphatic heterocycles. The van der Waals surface area contributed by atoms with Gasteiger partial charge in [-0.15, -0.1) is 0 Å². The lowest BCUT2D eigenvalue weighted by Gasteiger charge is -2.13. The van der Waals surface area contributed by atoms with Crippen LogP contribution in [0, 0.1) is 5.92 Å². The van der Waals surface area contributed by atoms with Crippen LogP contribution < -0.4 is 10.6 Å². The van der Waals surface area contributed by atoms with Crippen LogP contribution in [0.4, 0.5) is 11.4 Å². The first-order chi connectivity index (χ1) is 9.02. The highest BCUT2D eigenvalue weighted by molar-refractivity contribution is 6.04. The van der Waals surface area contributed by atoms with Crippen LogP contribution in [0.1, 0.15) is 45.1 Å². The van der Waals surface area contributed by atoms with Crippen LogP contribution in [-0.4, -0.2) is 11.8 Å². The minimum atomic E-state index is -0.127. The van der Waals surface area contributed by atoms with Gasteiger partial charge >= 0.3 is 0 Å². The molecule has 1 atom stereocenters. The molecule has 2 amide bonds. The molecule has 1 unspecified atom stereocenters. The van der Waals surface area contributed by atoms with Gasteiger partial charge in [0.25, 0.3) is 0 Å². The van der Waals surface area contributed by atoms with Crippen molar-refractivity contribution in [1.82, 2.24) is 0 Å². The minimum Gasteiger partial charge on any atom is -0.326 e. The van der Waals surface area contributed by atoms with Crippen molar-refractivity contribution in [3.8, 4) is 0 Å². The Kier molecular flexibility index (Phi) is 3.88. The SMILES string of the molecule is CCCC(=O)Nc1ccc2c(c1)C(C(C)C)C(=O)N2. The normalized spacial score (nSPS) is 17.3. The fourth-order valence-corrected chi connectivity index (χ4v) is 2.48. The summed E-state index contributed by atoms with van der Waals surface area (Å²) in [6.07, 6.45) is 1.34. The van der Waals surface area contributed by atoms with Crippen molar-refractivity contribution in [3.05, 3.63) is 23.8 Å². The van der Waals surface area contributed by atoms with Gasteiger partial charge in [-0.1, -0.05) is 20.8 Å². The molecule has 1 aliphatic rings. The van der Waals surface area contributed by atoms with Gasteiger partial charge in [-0.3, -0.25) is 9.59 Å². The Morgan fingerprint density at radius 1 is 1.42 bits per heavy atom. The minimum absolute atomic E-state index is 0.0147. The van der Waals surface area contributed by atoms with E-state index in [2.05, 4.69) is 10.6 Å². The van der Waals surface area contributed by atoms with Gasteiger partial charge in [0.2, 0.25) is 11.8 Å². The maximum atomic E-state index is 11.9. The summed E-state index contributed by atoms with van der Waals surface area (Å²) in [5, 5.41) is 5.75. The number of nitrogens with one attached hydrogen (secondary N) is 2. The number of benzene rings is 1. The second kappa shape index (κ2) is 5.43. The molecular formula is C15H20N2O2. The van der Waals surface area contributed by atoms with Crippen molar-refractivity contribution in [1.29, 1.82) is 0 Å². The third-order valence-electron chi connectivity index (χ3n) is 3.35. The van der Waals surface area contributed by atoms with Gasteiger partial charge in [0.05, 0.1) is 5.92 Å². The molecular weight excluding hydrogens is 240 g/mol. The molecule has 0 aliphatic carbocycles. The zero-order chi connectivity index (χ0) is 14.0. The zero-order valence-electron chi connectivity index (χ0n) is 11.6. The van der Waals surface area contributed by atoms with Crippen molar-refractivity contribution in [2.75, 3.05) is 10.6 Å². The number of hydrogen-bond donors (Lipinski definition) is 2. The van der Waals surface area contributed by atoms with Crippen LogP contribution in [0.2, 0.25) is 0 Å². The molecule has 0 bridgehead atoms. The average molecular weight is 260 g/mol. The Morgan fingerprint density at radius 2 is 2.16 bits per heavy atom. The molecule has 0 fully saturated rings. The van der Waals surface area contributed by atoms with Crippen molar-refractivity contribution in [2.45, 2.75) is 39.5 Å². The molecule has 19 heavy (non-hydrogen) atoms. The first-order valence-corrected chi connectivity index (χ1v) is 6.77. The van der Waals surface area contributed by atoms with Gasteiger partial charge < -0.3 is 10.6 Å². The number of amides is 2. The van der Waals surface area contributed by atoms with Crippen LogP contribution in [0.3, 0.4) is 0 Å². The summed E-state index contributed by atoms with van der Waals surface area (Å²) in [6, 6.07) is 5.60. The van der Waals surface area contributed by atoms with Crippen molar-refractivity contribution < 1.29 is 9.59 Å². The number of fused-ring (bicyclic) bond motifs is 1. The Morgan fingerprint density at radius 3 is 2.79 bits per heavy atom. The van der Waals surface area contributed by atoms with Crippen molar-refractivity contribution in [3.63, 3.8) is 0 Å². The maximum absolute atomic E-state index is 11.9. The number of hydrogen-bond acceptors (Lipinski definition) is 2. The third-order valence-corrected chi connectivity index (χ3v) is 3.35. The Labute approximate surface area is 113 Å². The number of rotatable bonds is 4. The molecule has 2 rings (SSSR count). The van der Waals surface area contributed by atoms with E-state index in [1.807, 2.05) is 39.0 Å². The van der Waals surface area contributed by atoms with Crippen LogP contribution in [0.5, 0.6) is 0 Å². The van der Waals surface area contributed by atoms with E-state index < -0.39 is 0 Å². The average Bonchev–Trinajstić information content (AvgIpc) is 2.64. The van der Waals surface area contributed by atoms with Crippen molar-refractivity contribution in [2.24, 2.45) is 5.92 Å². The standard InChI is InChI=1S/C15H20N2O2/c1-4-5-13(18)16-10-6-7-12-11(8-10)14(9(2)3)15(19)17-12/h6-9,14H,4-5H2,1-3H3,(H,16,18)(H,17,19). The van der Waals surface area contributed by atoms with Crippen LogP contribution >= 0.6 is 0 Å². The molecule has 0 aromatic heterocycles. The van der Waals surface area contributed by atoms with Gasteiger partial charge in [-0.2, -0.15) is 0 Å². The predicted octanol–water partition coefficient (Wildman–Crippen LogP) is 3.12. The molecule has 2 N–H and O–H groups in total. The van der Waals surface area contributed by atoms with Gasteiger partial charge in [0, 0.05) is 17.8 Å². The van der Waals surface area contributed by atoms with E-state index >= 15 is 0 Å². The highest BCUT2D eigenvalue weighted by Crippen LogP contribution is 2.38. The smallest absolute Gasteiger partial charge is 0.232 e. The summed E-state index contributed by atoms with van der Waals surface area (Å²) in [5.74, 6) is 0.170. The first kappa shape index (κ1) is 13.6. The molecule has 0 radical (unpaired) electrons. The van der Waals surface area contributed by atoms with Crippen molar-refractivity contribution >= 4 is 23.2 Å². The Balaban J connectivity index is 2.24. The van der Waals surface area contributed by atoms with E-state index in [0.717, 1.165) is 23.4 Å². The summed E-state index contributed by atoms with van der Waals surface area (Å²) >= 11 is 0. The highest BCUT2D eigenvalue weighted by atomic mass is 16.2. The fourth-order valence-electron chi connectivity index (χ4n) is 2.48. The molecule has 1 aromatic carbocycles. The third kappa shape index (κ3) is 2.78. The summed E-state index contributed by atoms with van der Waals surface area (Å²) in [7, 11) is 0. The van der Waals surface area contributed by atoms with Crippen LogP contribution in [0.15, 0.2) is 18.2 Å². The number of carbonyl (C=O) groups is 2. The molecule has 4 nitrogen and oxygen atoms in total. The topological polar surface area (TPSA) is 58.2 Å². The summed E-state index contributed by atoms with van der Waals surface area (Å²) in [6.45, 7) is 6.03. The molecule has 0 saturated heterocycles. The molecule has 0 saturated carbocycles. The van der Waals surface area contributed by atoms with E-state index in [-0.39, 0.29) is 23.7 Å². The second-order valence-corrected chi connectivity index (χ2v) is 5.31. The first-order valence-electron chi connectivity index (χ1n) is 6.77. The molecule has 1 heterocycles. The second-order valence-electron chi connectivity index (χ2n) is 5.31. The number of anilines is 2. The molecule has 102 valence electrons. The van der Waals surface area contributed by atoms with Gasteiger partial charge in [-0.05, 0) is 36.1 Å². The number of carbonyl (C=O) groups excluding carboxylic acids is 2. The van der Waals surface area contributed by atoms with E-state index in [1.54, 1.807) is 0 Å². The maximum Gasteiger partial charge on any atom is 0.232 e. The quantitative estimate of drug-likeness (QED) is 0.873. The molecule has 0 spiro atoms. The van der Waals surface area contributed by atoms with Gasteiger partial charge in [0.15, 0.2) is 0 Å². The predicted molar refractivity (Wildman–Crippen MR) is 76.2 cm³/mol. The van der Waals surface area contributed by atoms with E-state index in [9.17, 15) is 9.59 Å². The summed E-state index contributed by atoms with van der Waals surface area (Å²) in [4.78, 5) is 23.5. The van der Waals surface area contributed by atoms with Crippen LogP contribution in [-0.2, 0) is 9.59 Å². The lowest BCUT2D eigenvalue weighted by molar-refractivity contribution is -0.118. The largest absolute Gasteiger partial charge is 0.326 e. The highest BCUT2D eigenvalue weighted by Gasteiger charge is 2.32. The van der Waals surface area contributed by atoms with E-state index in [0.29, 0.717) is 6.42 Å². The molecule has 1 aromatic rings. The lowest BCUT2D eigenvalue weighted by Crippen LogP contribution is -2.17. The van der Waals surface area contributed by atoms with Gasteiger partial charge in [-0.25, -0.2) is 0 Å². The lowest BCUT2D eigenvalue weighted by atomic mass is 9.89. The summed E-state index contributed by atoms with van der Waals surface area (Å²) in [5.41, 5.74) is 2.60. The fraction of sp³-hybridized carbons (Fsp3) is 0.467. The van der Waals surface area contributed by atoms with E-state index in [4.69, 9.17) is 0 Å². The Bertz CT molecular complexity index is 509.